The Morgan fingerprint density at radius 3 is 2.28 bits per heavy atom. The fourth-order valence-electron chi connectivity index (χ4n) is 1.20. The number of nitrogen functional groups attached to an aromatic ring is 1. The van der Waals surface area contributed by atoms with Gasteiger partial charge in [0.2, 0.25) is 0 Å². The summed E-state index contributed by atoms with van der Waals surface area (Å²) in [4.78, 5) is 10.8. The van der Waals surface area contributed by atoms with E-state index in [0.717, 1.165) is 0 Å². The van der Waals surface area contributed by atoms with Gasteiger partial charge in [-0.3, -0.25) is 0 Å². The molecule has 0 saturated heterocycles. The standard InChI is InChI=1S/C13H21NO3Si/c1-13(2,3)18(4,5)17-11-7-6-9(12(15)16)8-10(11)14/h6-8H,14H2,1-5H3,(H,15,16). The van der Waals surface area contributed by atoms with Crippen molar-refractivity contribution in [3.63, 3.8) is 0 Å². The fraction of sp³-hybridized carbons (Fsp3) is 0.462. The maximum Gasteiger partial charge on any atom is 0.335 e. The van der Waals surface area contributed by atoms with E-state index in [-0.39, 0.29) is 10.6 Å². The Kier molecular flexibility index (Phi) is 3.76. The molecule has 0 unspecified atom stereocenters. The van der Waals surface area contributed by atoms with E-state index >= 15 is 0 Å². The molecule has 0 aliphatic carbocycles. The van der Waals surface area contributed by atoms with Crippen LogP contribution in [0, 0.1) is 0 Å². The molecular weight excluding hydrogens is 246 g/mol. The number of hydrogen-bond donors (Lipinski definition) is 2. The Balaban J connectivity index is 3.03. The molecular formula is C13H21NO3Si. The average molecular weight is 267 g/mol. The van der Waals surface area contributed by atoms with Crippen LogP contribution in [0.2, 0.25) is 18.1 Å². The summed E-state index contributed by atoms with van der Waals surface area (Å²) in [6.45, 7) is 10.7. The van der Waals surface area contributed by atoms with Crippen LogP contribution < -0.4 is 10.2 Å². The van der Waals surface area contributed by atoms with Gasteiger partial charge in [0.15, 0.2) is 0 Å². The van der Waals surface area contributed by atoms with Crippen LogP contribution >= 0.6 is 0 Å². The SMILES string of the molecule is CC(C)(C)[Si](C)(C)Oc1ccc(C(=O)O)cc1N. The molecule has 100 valence electrons. The Morgan fingerprint density at radius 2 is 1.89 bits per heavy atom. The van der Waals surface area contributed by atoms with Gasteiger partial charge in [-0.15, -0.1) is 0 Å². The maximum absolute atomic E-state index is 10.8. The monoisotopic (exact) mass is 267 g/mol. The van der Waals surface area contributed by atoms with Crippen molar-refractivity contribution in [2.75, 3.05) is 5.73 Å². The summed E-state index contributed by atoms with van der Waals surface area (Å²) in [5.41, 5.74) is 6.39. The number of benzene rings is 1. The van der Waals surface area contributed by atoms with Crippen LogP contribution in [0.4, 0.5) is 5.69 Å². The van der Waals surface area contributed by atoms with E-state index in [2.05, 4.69) is 33.9 Å². The third kappa shape index (κ3) is 3.04. The van der Waals surface area contributed by atoms with Crippen LogP contribution in [0.5, 0.6) is 5.75 Å². The quantitative estimate of drug-likeness (QED) is 0.650. The molecule has 5 heteroatoms. The molecule has 0 radical (unpaired) electrons. The highest BCUT2D eigenvalue weighted by Crippen LogP contribution is 2.38. The molecule has 0 spiro atoms. The molecule has 0 heterocycles. The molecule has 0 bridgehead atoms. The van der Waals surface area contributed by atoms with Gasteiger partial charge < -0.3 is 15.3 Å². The molecule has 0 aliphatic rings. The second kappa shape index (κ2) is 4.64. The van der Waals surface area contributed by atoms with Crippen LogP contribution in [0.25, 0.3) is 0 Å². The Morgan fingerprint density at radius 1 is 1.33 bits per heavy atom. The van der Waals surface area contributed by atoms with Gasteiger partial charge in [-0.2, -0.15) is 0 Å². The van der Waals surface area contributed by atoms with E-state index in [1.165, 1.54) is 12.1 Å². The molecule has 0 fully saturated rings. The van der Waals surface area contributed by atoms with Crippen LogP contribution in [0.3, 0.4) is 0 Å². The summed E-state index contributed by atoms with van der Waals surface area (Å²) >= 11 is 0. The van der Waals surface area contributed by atoms with Gasteiger partial charge >= 0.3 is 5.97 Å². The summed E-state index contributed by atoms with van der Waals surface area (Å²) in [5.74, 6) is -0.410. The molecule has 3 N–H and O–H groups in total. The first-order valence-corrected chi connectivity index (χ1v) is 8.77. The molecule has 0 amide bonds. The van der Waals surface area contributed by atoms with Gasteiger partial charge in [-0.1, -0.05) is 20.8 Å². The second-order valence-electron chi connectivity index (χ2n) is 5.92. The Hall–Kier alpha value is -1.49. The normalized spacial score (nSPS) is 12.3. The van der Waals surface area contributed by atoms with E-state index in [0.29, 0.717) is 11.4 Å². The highest BCUT2D eigenvalue weighted by Gasteiger charge is 2.39. The number of carboxylic acids is 1. The lowest BCUT2D eigenvalue weighted by molar-refractivity contribution is 0.0697. The Labute approximate surface area is 109 Å². The third-order valence-corrected chi connectivity index (χ3v) is 7.77. The number of carbonyl (C=O) groups is 1. The molecule has 4 nitrogen and oxygen atoms in total. The third-order valence-electron chi connectivity index (χ3n) is 3.43. The molecule has 0 aromatic heterocycles. The first-order valence-electron chi connectivity index (χ1n) is 5.86. The van der Waals surface area contributed by atoms with Gasteiger partial charge in [-0.25, -0.2) is 4.79 Å². The first kappa shape index (κ1) is 14.6. The van der Waals surface area contributed by atoms with Gasteiger partial charge in [-0.05, 0) is 36.3 Å². The number of rotatable bonds is 3. The van der Waals surface area contributed by atoms with Gasteiger partial charge in [0.25, 0.3) is 8.32 Å². The predicted octanol–water partition coefficient (Wildman–Crippen LogP) is 3.35. The minimum absolute atomic E-state index is 0.0743. The largest absolute Gasteiger partial charge is 0.542 e. The lowest BCUT2D eigenvalue weighted by Crippen LogP contribution is -2.44. The summed E-state index contributed by atoms with van der Waals surface area (Å²) in [7, 11) is -1.95. The summed E-state index contributed by atoms with van der Waals surface area (Å²) in [6, 6.07) is 4.59. The molecule has 0 atom stereocenters. The van der Waals surface area contributed by atoms with E-state index in [4.69, 9.17) is 15.3 Å². The van der Waals surface area contributed by atoms with Gasteiger partial charge in [0.1, 0.15) is 5.75 Å². The van der Waals surface area contributed by atoms with E-state index in [1.807, 2.05) is 0 Å². The smallest absolute Gasteiger partial charge is 0.335 e. The van der Waals surface area contributed by atoms with Crippen LogP contribution in [0.1, 0.15) is 31.1 Å². The van der Waals surface area contributed by atoms with Gasteiger partial charge in [0, 0.05) is 0 Å². The van der Waals surface area contributed by atoms with Crippen molar-refractivity contribution in [3.8, 4) is 5.75 Å². The zero-order chi connectivity index (χ0) is 14.1. The summed E-state index contributed by atoms with van der Waals surface area (Å²) in [5, 5.41) is 8.95. The van der Waals surface area contributed by atoms with Crippen molar-refractivity contribution in [3.05, 3.63) is 23.8 Å². The van der Waals surface area contributed by atoms with Crippen LogP contribution in [0.15, 0.2) is 18.2 Å². The number of carboxylic acid groups (broad SMARTS) is 1. The molecule has 0 aliphatic heterocycles. The number of anilines is 1. The molecule has 18 heavy (non-hydrogen) atoms. The zero-order valence-corrected chi connectivity index (χ0v) is 12.6. The number of aromatic carboxylic acids is 1. The van der Waals surface area contributed by atoms with Gasteiger partial charge in [0.05, 0.1) is 11.3 Å². The van der Waals surface area contributed by atoms with Crippen molar-refractivity contribution in [1.82, 2.24) is 0 Å². The minimum atomic E-state index is -1.95. The van der Waals surface area contributed by atoms with Crippen molar-refractivity contribution < 1.29 is 14.3 Å². The van der Waals surface area contributed by atoms with Crippen molar-refractivity contribution >= 4 is 20.0 Å². The first-order chi connectivity index (χ1) is 8.04. The zero-order valence-electron chi connectivity index (χ0n) is 11.6. The van der Waals surface area contributed by atoms with E-state index in [1.54, 1.807) is 6.07 Å². The van der Waals surface area contributed by atoms with Crippen molar-refractivity contribution in [1.29, 1.82) is 0 Å². The van der Waals surface area contributed by atoms with Crippen LogP contribution in [-0.2, 0) is 0 Å². The van der Waals surface area contributed by atoms with Crippen molar-refractivity contribution in [2.45, 2.75) is 38.9 Å². The highest BCUT2D eigenvalue weighted by atomic mass is 28.4. The lowest BCUT2D eigenvalue weighted by atomic mass is 10.2. The summed E-state index contributed by atoms with van der Waals surface area (Å²) in [6.07, 6.45) is 0. The van der Waals surface area contributed by atoms with Crippen LogP contribution in [-0.4, -0.2) is 19.4 Å². The average Bonchev–Trinajstić information content (AvgIpc) is 2.18. The topological polar surface area (TPSA) is 72.5 Å². The second-order valence-corrected chi connectivity index (χ2v) is 10.6. The highest BCUT2D eigenvalue weighted by molar-refractivity contribution is 6.74. The van der Waals surface area contributed by atoms with Crippen molar-refractivity contribution in [2.24, 2.45) is 0 Å². The number of hydrogen-bond acceptors (Lipinski definition) is 3. The molecule has 1 aromatic carbocycles. The lowest BCUT2D eigenvalue weighted by Gasteiger charge is -2.36. The Bertz CT molecular complexity index is 464. The molecule has 0 saturated carbocycles. The van der Waals surface area contributed by atoms with E-state index < -0.39 is 14.3 Å². The fourth-order valence-corrected chi connectivity index (χ4v) is 2.24. The molecule has 1 rings (SSSR count). The molecule has 1 aromatic rings. The number of nitrogens with two attached hydrogens (primary N) is 1. The predicted molar refractivity (Wildman–Crippen MR) is 75.6 cm³/mol. The summed E-state index contributed by atoms with van der Waals surface area (Å²) < 4.78 is 6.05. The minimum Gasteiger partial charge on any atom is -0.542 e. The maximum atomic E-state index is 10.8. The van der Waals surface area contributed by atoms with E-state index in [9.17, 15) is 4.79 Å².